The van der Waals surface area contributed by atoms with Crippen molar-refractivity contribution < 1.29 is 17.9 Å². The molecule has 7 heteroatoms. The number of fused-ring (bicyclic) bond motifs is 2. The predicted molar refractivity (Wildman–Crippen MR) is 92.6 cm³/mol. The van der Waals surface area contributed by atoms with E-state index in [2.05, 4.69) is 30.8 Å². The van der Waals surface area contributed by atoms with Gasteiger partial charge in [0.2, 0.25) is 0 Å². The molecule has 4 rings (SSSR count). The van der Waals surface area contributed by atoms with E-state index in [1.807, 2.05) is 11.6 Å². The molecule has 3 atom stereocenters. The summed E-state index contributed by atoms with van der Waals surface area (Å²) in [6, 6.07) is 4.14. The van der Waals surface area contributed by atoms with Crippen LogP contribution >= 0.6 is 0 Å². The fraction of sp³-hybridized carbons (Fsp3) is 0.632. The van der Waals surface area contributed by atoms with E-state index in [0.717, 1.165) is 36.5 Å². The van der Waals surface area contributed by atoms with Gasteiger partial charge in [-0.25, -0.2) is 4.98 Å². The Morgan fingerprint density at radius 3 is 2.77 bits per heavy atom. The van der Waals surface area contributed by atoms with Crippen LogP contribution in [0.4, 0.5) is 13.2 Å². The van der Waals surface area contributed by atoms with Gasteiger partial charge in [-0.1, -0.05) is 13.8 Å². The molecule has 2 aromatic rings. The summed E-state index contributed by atoms with van der Waals surface area (Å²) in [6.07, 6.45) is -2.97. The molecule has 0 amide bonds. The Kier molecular flexibility index (Phi) is 3.90. The van der Waals surface area contributed by atoms with E-state index in [-0.39, 0.29) is 5.41 Å². The lowest BCUT2D eigenvalue weighted by Crippen LogP contribution is -2.65. The van der Waals surface area contributed by atoms with Crippen LogP contribution in [0.5, 0.6) is 0 Å². The molecule has 0 radical (unpaired) electrons. The maximum Gasteiger partial charge on any atom is 0.416 e. The van der Waals surface area contributed by atoms with Crippen molar-refractivity contribution in [3.05, 3.63) is 29.6 Å². The fourth-order valence-electron chi connectivity index (χ4n) is 5.08. The van der Waals surface area contributed by atoms with Crippen molar-refractivity contribution in [2.45, 2.75) is 45.1 Å². The maximum absolute atomic E-state index is 12.9. The molecule has 1 aromatic carbocycles. The normalized spacial score (nSPS) is 27.8. The topological polar surface area (TPSA) is 30.3 Å². The third kappa shape index (κ3) is 2.55. The molecule has 26 heavy (non-hydrogen) atoms. The zero-order valence-electron chi connectivity index (χ0n) is 15.5. The lowest BCUT2D eigenvalue weighted by atomic mass is 9.57. The Labute approximate surface area is 150 Å². The molecule has 2 heterocycles. The third-order valence-corrected chi connectivity index (χ3v) is 6.21. The summed E-state index contributed by atoms with van der Waals surface area (Å²) in [6.45, 7) is 5.87. The average Bonchev–Trinajstić information content (AvgIpc) is 3.10. The molecule has 1 aliphatic heterocycles. The minimum absolute atomic E-state index is 0.0734. The number of ether oxygens (including phenoxy) is 1. The molecular formula is C19H24F3N3O. The third-order valence-electron chi connectivity index (χ3n) is 6.21. The average molecular weight is 367 g/mol. The Morgan fingerprint density at radius 2 is 2.08 bits per heavy atom. The summed E-state index contributed by atoms with van der Waals surface area (Å²) in [5.74, 6) is 1.31. The van der Waals surface area contributed by atoms with Crippen molar-refractivity contribution in [2.75, 3.05) is 13.7 Å². The lowest BCUT2D eigenvalue weighted by Gasteiger charge is -2.57. The molecule has 0 bridgehead atoms. The number of benzene rings is 1. The Morgan fingerprint density at radius 1 is 1.35 bits per heavy atom. The molecule has 2 fully saturated rings. The van der Waals surface area contributed by atoms with E-state index >= 15 is 0 Å². The van der Waals surface area contributed by atoms with E-state index in [9.17, 15) is 13.2 Å². The molecule has 0 unspecified atom stereocenters. The standard InChI is InChI=1S/C19H24F3N3O/c1-18(2)16(12-7-8-26-17(12)18)24(3)10-15-23-13-9-11(19(20,21)22)5-6-14(13)25(15)4/h5-6,9,12,16-17H,7-8,10H2,1-4H3/t12-,16-,17+/m1/s1. The molecule has 1 aliphatic carbocycles. The van der Waals surface area contributed by atoms with Gasteiger partial charge in [0.1, 0.15) is 5.82 Å². The van der Waals surface area contributed by atoms with Crippen molar-refractivity contribution in [3.8, 4) is 0 Å². The quantitative estimate of drug-likeness (QED) is 0.826. The molecule has 1 saturated carbocycles. The summed E-state index contributed by atoms with van der Waals surface area (Å²) < 4.78 is 46.6. The molecule has 142 valence electrons. The van der Waals surface area contributed by atoms with Crippen molar-refractivity contribution in [3.63, 3.8) is 0 Å². The van der Waals surface area contributed by atoms with Crippen molar-refractivity contribution in [2.24, 2.45) is 18.4 Å². The van der Waals surface area contributed by atoms with Crippen LogP contribution < -0.4 is 0 Å². The lowest BCUT2D eigenvalue weighted by molar-refractivity contribution is -0.152. The number of nitrogens with zero attached hydrogens (tertiary/aromatic N) is 3. The molecule has 2 aliphatic rings. The first-order chi connectivity index (χ1) is 12.1. The number of aromatic nitrogens is 2. The Bertz CT molecular complexity index is 842. The summed E-state index contributed by atoms with van der Waals surface area (Å²) in [4.78, 5) is 6.77. The number of halogens is 3. The molecule has 1 aromatic heterocycles. The highest BCUT2D eigenvalue weighted by Gasteiger charge is 2.60. The predicted octanol–water partition coefficient (Wildman–Crippen LogP) is 3.84. The number of hydrogen-bond acceptors (Lipinski definition) is 3. The highest BCUT2D eigenvalue weighted by Crippen LogP contribution is 2.54. The fourth-order valence-corrected chi connectivity index (χ4v) is 5.08. The highest BCUT2D eigenvalue weighted by molar-refractivity contribution is 5.77. The first kappa shape index (κ1) is 17.8. The minimum atomic E-state index is -4.35. The smallest absolute Gasteiger partial charge is 0.377 e. The second-order valence-electron chi connectivity index (χ2n) is 8.21. The van der Waals surface area contributed by atoms with Gasteiger partial charge in [-0.2, -0.15) is 13.2 Å². The van der Waals surface area contributed by atoms with E-state index in [0.29, 0.717) is 30.1 Å². The van der Waals surface area contributed by atoms with Crippen LogP contribution in [0.3, 0.4) is 0 Å². The van der Waals surface area contributed by atoms with E-state index in [1.165, 1.54) is 6.07 Å². The Hall–Kier alpha value is -1.60. The van der Waals surface area contributed by atoms with Gasteiger partial charge >= 0.3 is 6.18 Å². The van der Waals surface area contributed by atoms with Crippen molar-refractivity contribution >= 4 is 11.0 Å². The molecule has 1 saturated heterocycles. The van der Waals surface area contributed by atoms with Crippen LogP contribution in [0, 0.1) is 11.3 Å². The van der Waals surface area contributed by atoms with Gasteiger partial charge in [0.15, 0.2) is 0 Å². The van der Waals surface area contributed by atoms with Gasteiger partial charge in [-0.15, -0.1) is 0 Å². The minimum Gasteiger partial charge on any atom is -0.377 e. The zero-order valence-corrected chi connectivity index (χ0v) is 15.5. The van der Waals surface area contributed by atoms with Gasteiger partial charge in [0.25, 0.3) is 0 Å². The number of alkyl halides is 3. The van der Waals surface area contributed by atoms with Gasteiger partial charge in [-0.3, -0.25) is 4.90 Å². The Balaban J connectivity index is 1.60. The van der Waals surface area contributed by atoms with Crippen molar-refractivity contribution in [1.29, 1.82) is 0 Å². The second-order valence-corrected chi connectivity index (χ2v) is 8.21. The molecule has 4 nitrogen and oxygen atoms in total. The van der Waals surface area contributed by atoms with Crippen LogP contribution in [0.1, 0.15) is 31.7 Å². The number of aryl methyl sites for hydroxylation is 1. The van der Waals surface area contributed by atoms with Crippen LogP contribution in [0.2, 0.25) is 0 Å². The molecular weight excluding hydrogens is 343 g/mol. The van der Waals surface area contributed by atoms with Crippen LogP contribution in [0.25, 0.3) is 11.0 Å². The first-order valence-corrected chi connectivity index (χ1v) is 8.95. The molecule has 0 N–H and O–H groups in total. The zero-order chi connectivity index (χ0) is 18.9. The van der Waals surface area contributed by atoms with Crippen LogP contribution in [-0.4, -0.2) is 40.3 Å². The summed E-state index contributed by atoms with van der Waals surface area (Å²) >= 11 is 0. The molecule has 0 spiro atoms. The highest BCUT2D eigenvalue weighted by atomic mass is 19.4. The summed E-state index contributed by atoms with van der Waals surface area (Å²) in [5, 5.41) is 0. The monoisotopic (exact) mass is 367 g/mol. The second kappa shape index (κ2) is 5.70. The van der Waals surface area contributed by atoms with Gasteiger partial charge < -0.3 is 9.30 Å². The number of hydrogen-bond donors (Lipinski definition) is 0. The number of imidazole rings is 1. The van der Waals surface area contributed by atoms with Crippen LogP contribution in [-0.2, 0) is 24.5 Å². The summed E-state index contributed by atoms with van der Waals surface area (Å²) in [5.41, 5.74) is 0.523. The summed E-state index contributed by atoms with van der Waals surface area (Å²) in [7, 11) is 3.93. The van der Waals surface area contributed by atoms with E-state index in [4.69, 9.17) is 4.74 Å². The van der Waals surface area contributed by atoms with Crippen molar-refractivity contribution in [1.82, 2.24) is 14.5 Å². The van der Waals surface area contributed by atoms with E-state index < -0.39 is 11.7 Å². The van der Waals surface area contributed by atoms with E-state index in [1.54, 1.807) is 0 Å². The van der Waals surface area contributed by atoms with Crippen LogP contribution in [0.15, 0.2) is 18.2 Å². The first-order valence-electron chi connectivity index (χ1n) is 8.95. The van der Waals surface area contributed by atoms with Gasteiger partial charge in [0.05, 0.1) is 29.2 Å². The number of rotatable bonds is 3. The van der Waals surface area contributed by atoms with Gasteiger partial charge in [-0.05, 0) is 31.7 Å². The maximum atomic E-state index is 12.9. The largest absolute Gasteiger partial charge is 0.416 e. The van der Waals surface area contributed by atoms with Gasteiger partial charge in [0, 0.05) is 31.0 Å². The SMILES string of the molecule is CN(Cc1nc2cc(C(F)(F)F)ccc2n1C)[C@@H]1[C@H]2CCO[C@@H]2C1(C)C.